The Morgan fingerprint density at radius 2 is 1.79 bits per heavy atom. The van der Waals surface area contributed by atoms with Gasteiger partial charge >= 0.3 is 0 Å². The number of aromatic nitrogens is 2. The molecule has 2 aromatic rings. The predicted octanol–water partition coefficient (Wildman–Crippen LogP) is -5.47. The van der Waals surface area contributed by atoms with Crippen LogP contribution in [-0.2, 0) is 13.1 Å². The average Bonchev–Trinajstić information content (AvgIpc) is 2.55. The van der Waals surface area contributed by atoms with E-state index in [0.29, 0.717) is 5.56 Å². The maximum absolute atomic E-state index is 11.6. The molecule has 2 aromatic heterocycles. The van der Waals surface area contributed by atoms with Crippen molar-refractivity contribution in [3.63, 3.8) is 0 Å². The lowest BCUT2D eigenvalue weighted by Crippen LogP contribution is -3.00. The smallest absolute Gasteiger partial charge is 0.257 e. The van der Waals surface area contributed by atoms with E-state index < -0.39 is 0 Å². The topological polar surface area (TPSA) is 69.5 Å². The van der Waals surface area contributed by atoms with Crippen LogP contribution in [0.5, 0.6) is 0 Å². The van der Waals surface area contributed by atoms with E-state index >= 15 is 0 Å². The second-order valence-electron chi connectivity index (χ2n) is 4.88. The zero-order chi connectivity index (χ0) is 15.8. The van der Waals surface area contributed by atoms with Crippen molar-refractivity contribution in [2.75, 3.05) is 7.05 Å². The minimum absolute atomic E-state index is 0. The van der Waals surface area contributed by atoms with Crippen molar-refractivity contribution in [2.24, 2.45) is 5.16 Å². The standard InChI is InChI=1S/C16H18N4O2.2BrH/c1-17-16(21)15-6-3-8-20(13-15)10-4-9-19-7-2-5-14(12-19)11-18-22;;/h2-3,5-8,11-13H,4,9-10H2,1H3;2*1H/b18-11+;;. The number of carbonyl (C=O) groups is 1. The first kappa shape index (κ1) is 22.2. The molecule has 130 valence electrons. The van der Waals surface area contributed by atoms with Gasteiger partial charge in [0, 0.05) is 19.2 Å². The van der Waals surface area contributed by atoms with Gasteiger partial charge in [-0.15, -0.1) is 0 Å². The molecule has 8 heteroatoms. The van der Waals surface area contributed by atoms with E-state index in [1.165, 1.54) is 6.21 Å². The van der Waals surface area contributed by atoms with Gasteiger partial charge in [0.15, 0.2) is 37.9 Å². The summed E-state index contributed by atoms with van der Waals surface area (Å²) < 4.78 is 4.05. The molecule has 0 fully saturated rings. The van der Waals surface area contributed by atoms with Crippen molar-refractivity contribution in [3.8, 4) is 0 Å². The van der Waals surface area contributed by atoms with E-state index in [-0.39, 0.29) is 39.9 Å². The van der Waals surface area contributed by atoms with Crippen LogP contribution >= 0.6 is 0 Å². The quantitative estimate of drug-likeness (QED) is 0.196. The Morgan fingerprint density at radius 3 is 2.42 bits per heavy atom. The Kier molecular flexibility index (Phi) is 10.8. The lowest BCUT2D eigenvalue weighted by Gasteiger charge is -2.00. The second-order valence-corrected chi connectivity index (χ2v) is 4.88. The summed E-state index contributed by atoms with van der Waals surface area (Å²) in [5.74, 6) is -0.0836. The Labute approximate surface area is 162 Å². The highest BCUT2D eigenvalue weighted by atomic mass is 79.9. The van der Waals surface area contributed by atoms with Crippen LogP contribution in [0.25, 0.3) is 0 Å². The number of hydrogen-bond donors (Lipinski definition) is 2. The second kappa shape index (κ2) is 11.7. The van der Waals surface area contributed by atoms with Crippen LogP contribution in [-0.4, -0.2) is 24.4 Å². The summed E-state index contributed by atoms with van der Waals surface area (Å²) in [6, 6.07) is 7.45. The first-order chi connectivity index (χ1) is 10.7. The third kappa shape index (κ3) is 6.76. The first-order valence-corrected chi connectivity index (χ1v) is 7.10. The Balaban J connectivity index is 0.00000264. The van der Waals surface area contributed by atoms with Crippen LogP contribution in [0, 0.1) is 0 Å². The Morgan fingerprint density at radius 1 is 1.17 bits per heavy atom. The van der Waals surface area contributed by atoms with Gasteiger partial charge in [-0.3, -0.25) is 4.79 Å². The minimum Gasteiger partial charge on any atom is -1.00 e. The fourth-order valence-electron chi connectivity index (χ4n) is 2.20. The molecule has 2 rings (SSSR count). The normalized spacial score (nSPS) is 9.88. The number of rotatable bonds is 6. The first-order valence-electron chi connectivity index (χ1n) is 7.10. The molecule has 0 bridgehead atoms. The van der Waals surface area contributed by atoms with Crippen LogP contribution in [0.15, 0.2) is 54.2 Å². The largest absolute Gasteiger partial charge is 1.00 e. The van der Waals surface area contributed by atoms with Gasteiger partial charge < -0.3 is 44.5 Å². The van der Waals surface area contributed by atoms with Crippen molar-refractivity contribution < 1.29 is 53.1 Å². The molecule has 1 amide bonds. The van der Waals surface area contributed by atoms with E-state index in [4.69, 9.17) is 5.21 Å². The number of hydrogen-bond acceptors (Lipinski definition) is 3. The molecule has 0 unspecified atom stereocenters. The number of carbonyl (C=O) groups excluding carboxylic acids is 1. The Hall–Kier alpha value is -1.80. The zero-order valence-electron chi connectivity index (χ0n) is 13.3. The van der Waals surface area contributed by atoms with Gasteiger partial charge in [0.05, 0.1) is 18.2 Å². The number of oxime groups is 1. The molecule has 0 saturated heterocycles. The number of amides is 1. The van der Waals surface area contributed by atoms with Gasteiger partial charge in [-0.2, -0.15) is 0 Å². The van der Waals surface area contributed by atoms with Crippen molar-refractivity contribution in [2.45, 2.75) is 19.5 Å². The third-order valence-electron chi connectivity index (χ3n) is 3.27. The Bertz CT molecular complexity index is 681. The number of nitrogens with one attached hydrogen (secondary N) is 1. The molecule has 0 spiro atoms. The molecule has 2 N–H and O–H groups in total. The van der Waals surface area contributed by atoms with E-state index in [1.54, 1.807) is 13.1 Å². The molecule has 0 aliphatic rings. The van der Waals surface area contributed by atoms with E-state index in [2.05, 4.69) is 10.5 Å². The molecule has 6 nitrogen and oxygen atoms in total. The van der Waals surface area contributed by atoms with Crippen molar-refractivity contribution in [1.82, 2.24) is 5.32 Å². The van der Waals surface area contributed by atoms with Crippen LogP contribution < -0.4 is 48.4 Å². The lowest BCUT2D eigenvalue weighted by molar-refractivity contribution is -0.727. The number of aryl methyl sites for hydroxylation is 2. The van der Waals surface area contributed by atoms with Crippen molar-refractivity contribution >= 4 is 12.1 Å². The van der Waals surface area contributed by atoms with Gasteiger partial charge in [0.25, 0.3) is 5.91 Å². The van der Waals surface area contributed by atoms with Crippen LogP contribution in [0.1, 0.15) is 22.3 Å². The van der Waals surface area contributed by atoms with Gasteiger partial charge in [0.1, 0.15) is 5.56 Å². The fraction of sp³-hybridized carbons (Fsp3) is 0.250. The molecule has 0 aliphatic heterocycles. The maximum Gasteiger partial charge on any atom is 0.257 e. The molecule has 2 heterocycles. The summed E-state index contributed by atoms with van der Waals surface area (Å²) in [4.78, 5) is 11.6. The van der Waals surface area contributed by atoms with Crippen LogP contribution in [0.2, 0.25) is 0 Å². The summed E-state index contributed by atoms with van der Waals surface area (Å²) >= 11 is 0. The van der Waals surface area contributed by atoms with E-state index in [0.717, 1.165) is 25.1 Å². The minimum atomic E-state index is -0.0836. The summed E-state index contributed by atoms with van der Waals surface area (Å²) in [6.45, 7) is 1.65. The molecule has 24 heavy (non-hydrogen) atoms. The summed E-state index contributed by atoms with van der Waals surface area (Å²) in [5.41, 5.74) is 1.50. The highest BCUT2D eigenvalue weighted by Crippen LogP contribution is 1.95. The monoisotopic (exact) mass is 458 g/mol. The SMILES string of the molecule is CNC(=O)c1ccc[n+](CCC[n+]2cccc(/C=N/O)c2)c1.[Br-].[Br-]. The molecule has 0 atom stereocenters. The molecular weight excluding hydrogens is 440 g/mol. The summed E-state index contributed by atoms with van der Waals surface area (Å²) in [5, 5.41) is 14.2. The summed E-state index contributed by atoms with van der Waals surface area (Å²) in [6.07, 6.45) is 10.0. The highest BCUT2D eigenvalue weighted by molar-refractivity contribution is 5.93. The third-order valence-corrected chi connectivity index (χ3v) is 3.27. The maximum atomic E-state index is 11.6. The van der Waals surface area contributed by atoms with Gasteiger partial charge in [-0.05, 0) is 12.1 Å². The van der Waals surface area contributed by atoms with Crippen molar-refractivity contribution in [1.29, 1.82) is 0 Å². The molecule has 0 radical (unpaired) electrons. The van der Waals surface area contributed by atoms with Crippen molar-refractivity contribution in [3.05, 3.63) is 60.2 Å². The van der Waals surface area contributed by atoms with Gasteiger partial charge in [-0.1, -0.05) is 5.16 Å². The highest BCUT2D eigenvalue weighted by Gasteiger charge is 2.10. The molecule has 0 aliphatic carbocycles. The molecular formula is C16H20Br2N4O2. The summed E-state index contributed by atoms with van der Waals surface area (Å²) in [7, 11) is 1.62. The number of nitrogens with zero attached hydrogens (tertiary/aromatic N) is 3. The average molecular weight is 460 g/mol. The fourth-order valence-corrected chi connectivity index (χ4v) is 2.20. The van der Waals surface area contributed by atoms with Gasteiger partial charge in [-0.25, -0.2) is 9.13 Å². The van der Waals surface area contributed by atoms with E-state index in [1.807, 2.05) is 52.1 Å². The number of pyridine rings is 2. The van der Waals surface area contributed by atoms with Crippen LogP contribution in [0.3, 0.4) is 0 Å². The van der Waals surface area contributed by atoms with Crippen LogP contribution in [0.4, 0.5) is 0 Å². The molecule has 0 aromatic carbocycles. The molecule has 0 saturated carbocycles. The predicted molar refractivity (Wildman–Crippen MR) is 80.7 cm³/mol. The van der Waals surface area contributed by atoms with E-state index in [9.17, 15) is 4.79 Å². The lowest BCUT2D eigenvalue weighted by atomic mass is 10.2. The zero-order valence-corrected chi connectivity index (χ0v) is 16.4. The van der Waals surface area contributed by atoms with Gasteiger partial charge in [0.2, 0.25) is 0 Å². The number of halogens is 2.